The maximum Gasteiger partial charge on any atom is 0.326 e. The summed E-state index contributed by atoms with van der Waals surface area (Å²) in [5.74, 6) is -6.77. The van der Waals surface area contributed by atoms with Crippen LogP contribution in [0.4, 0.5) is 0 Å². The Balaban J connectivity index is 2.86. The lowest BCUT2D eigenvalue weighted by Crippen LogP contribution is -2.57. The monoisotopic (exact) mass is 526 g/mol. The molecule has 0 bridgehead atoms. The van der Waals surface area contributed by atoms with Crippen molar-refractivity contribution in [3.05, 3.63) is 35.9 Å². The predicted molar refractivity (Wildman–Crippen MR) is 129 cm³/mol. The lowest BCUT2D eigenvalue weighted by Gasteiger charge is -2.24. The molecule has 0 saturated carbocycles. The van der Waals surface area contributed by atoms with E-state index in [1.165, 1.54) is 0 Å². The van der Waals surface area contributed by atoms with Crippen molar-refractivity contribution in [2.75, 3.05) is 5.75 Å². The summed E-state index contributed by atoms with van der Waals surface area (Å²) in [5.41, 5.74) is 6.72. The molecule has 0 saturated heterocycles. The van der Waals surface area contributed by atoms with Crippen LogP contribution in [0.5, 0.6) is 0 Å². The lowest BCUT2D eigenvalue weighted by molar-refractivity contribution is -0.144. The van der Waals surface area contributed by atoms with Gasteiger partial charge in [0.05, 0.1) is 6.04 Å². The zero-order chi connectivity index (χ0) is 27.3. The van der Waals surface area contributed by atoms with Crippen LogP contribution in [0, 0.1) is 0 Å². The molecule has 0 radical (unpaired) electrons. The lowest BCUT2D eigenvalue weighted by atomic mass is 10.1. The number of carboxylic acid groups (broad SMARTS) is 3. The molecule has 1 rings (SSSR count). The second-order valence-electron chi connectivity index (χ2n) is 7.87. The molecule has 8 N–H and O–H groups in total. The summed E-state index contributed by atoms with van der Waals surface area (Å²) in [6.07, 6.45) is -1.70. The third kappa shape index (κ3) is 11.2. The second kappa shape index (κ2) is 15.4. The summed E-state index contributed by atoms with van der Waals surface area (Å²) in [5, 5.41) is 33.8. The van der Waals surface area contributed by atoms with Crippen molar-refractivity contribution in [3.63, 3.8) is 0 Å². The maximum absolute atomic E-state index is 12.7. The van der Waals surface area contributed by atoms with E-state index in [1.807, 2.05) is 0 Å². The summed E-state index contributed by atoms with van der Waals surface area (Å²) < 4.78 is 0. The van der Waals surface area contributed by atoms with Gasteiger partial charge in [0.1, 0.15) is 18.1 Å². The summed E-state index contributed by atoms with van der Waals surface area (Å²) in [7, 11) is 0. The molecule has 0 aliphatic carbocycles. The first-order valence-electron chi connectivity index (χ1n) is 10.9. The van der Waals surface area contributed by atoms with Crippen molar-refractivity contribution in [1.82, 2.24) is 16.0 Å². The molecule has 0 aliphatic rings. The van der Waals surface area contributed by atoms with Gasteiger partial charge in [-0.25, -0.2) is 4.79 Å². The van der Waals surface area contributed by atoms with Crippen LogP contribution in [-0.2, 0) is 35.2 Å². The first-order valence-corrected chi connectivity index (χ1v) is 11.6. The summed E-state index contributed by atoms with van der Waals surface area (Å²) >= 11 is 4.04. The zero-order valence-corrected chi connectivity index (χ0v) is 20.1. The molecule has 3 amide bonds. The van der Waals surface area contributed by atoms with Crippen LogP contribution in [0.25, 0.3) is 0 Å². The molecule has 198 valence electrons. The Bertz CT molecular complexity index is 945. The molecule has 14 heteroatoms. The third-order valence-corrected chi connectivity index (χ3v) is 5.36. The quantitative estimate of drug-likeness (QED) is 0.119. The average Bonchev–Trinajstić information content (AvgIpc) is 2.82. The normalized spacial score (nSPS) is 13.9. The maximum atomic E-state index is 12.7. The van der Waals surface area contributed by atoms with E-state index in [-0.39, 0.29) is 18.6 Å². The van der Waals surface area contributed by atoms with Crippen LogP contribution in [0.1, 0.15) is 31.2 Å². The highest BCUT2D eigenvalue weighted by Gasteiger charge is 2.30. The first-order chi connectivity index (χ1) is 16.9. The number of carboxylic acids is 3. The topological polar surface area (TPSA) is 225 Å². The Hall–Kier alpha value is -3.65. The van der Waals surface area contributed by atoms with Gasteiger partial charge in [0, 0.05) is 18.6 Å². The molecule has 4 unspecified atom stereocenters. The van der Waals surface area contributed by atoms with Gasteiger partial charge in [-0.3, -0.25) is 24.0 Å². The van der Waals surface area contributed by atoms with Crippen molar-refractivity contribution in [2.24, 2.45) is 5.73 Å². The van der Waals surface area contributed by atoms with Crippen LogP contribution in [0.3, 0.4) is 0 Å². The van der Waals surface area contributed by atoms with E-state index in [4.69, 9.17) is 15.9 Å². The van der Waals surface area contributed by atoms with Crippen LogP contribution in [0.15, 0.2) is 30.3 Å². The van der Waals surface area contributed by atoms with Gasteiger partial charge in [-0.1, -0.05) is 30.3 Å². The second-order valence-corrected chi connectivity index (χ2v) is 8.23. The molecule has 0 spiro atoms. The predicted octanol–water partition coefficient (Wildman–Crippen LogP) is -1.25. The molecule has 36 heavy (non-hydrogen) atoms. The van der Waals surface area contributed by atoms with Gasteiger partial charge in [0.2, 0.25) is 17.7 Å². The number of carbonyl (C=O) groups excluding carboxylic acids is 3. The SMILES string of the molecule is NC(Cc1ccccc1)C(=O)NC(CS)C(=O)NC(CCC(=O)O)C(=O)NC(CCC(=O)O)C(=O)O. The number of rotatable bonds is 16. The van der Waals surface area contributed by atoms with Crippen LogP contribution in [0.2, 0.25) is 0 Å². The van der Waals surface area contributed by atoms with Crippen LogP contribution in [-0.4, -0.2) is 80.9 Å². The Kier molecular flexibility index (Phi) is 13.0. The largest absolute Gasteiger partial charge is 0.481 e. The minimum absolute atomic E-state index is 0.181. The van der Waals surface area contributed by atoms with Gasteiger partial charge in [-0.2, -0.15) is 12.6 Å². The smallest absolute Gasteiger partial charge is 0.326 e. The Morgan fingerprint density at radius 2 is 1.22 bits per heavy atom. The fraction of sp³-hybridized carbons (Fsp3) is 0.455. The molecule has 1 aromatic carbocycles. The molecule has 0 aliphatic heterocycles. The molecule has 0 fully saturated rings. The molecule has 13 nitrogen and oxygen atoms in total. The summed E-state index contributed by atoms with van der Waals surface area (Å²) in [6, 6.07) is 3.66. The number of nitrogens with two attached hydrogens (primary N) is 1. The molecule has 4 atom stereocenters. The number of thiol groups is 1. The number of carbonyl (C=O) groups is 6. The van der Waals surface area contributed by atoms with Crippen LogP contribution >= 0.6 is 12.6 Å². The van der Waals surface area contributed by atoms with Gasteiger partial charge in [0.25, 0.3) is 0 Å². The molecular formula is C22H30N4O9S. The highest BCUT2D eigenvalue weighted by Crippen LogP contribution is 2.05. The van der Waals surface area contributed by atoms with E-state index < -0.39 is 79.1 Å². The number of nitrogens with one attached hydrogen (secondary N) is 3. The number of amides is 3. The van der Waals surface area contributed by atoms with Gasteiger partial charge >= 0.3 is 17.9 Å². The van der Waals surface area contributed by atoms with Crippen molar-refractivity contribution in [2.45, 2.75) is 56.3 Å². The summed E-state index contributed by atoms with van der Waals surface area (Å²) in [6.45, 7) is 0. The minimum atomic E-state index is -1.57. The first kappa shape index (κ1) is 30.4. The van der Waals surface area contributed by atoms with E-state index in [2.05, 4.69) is 28.6 Å². The van der Waals surface area contributed by atoms with Gasteiger partial charge in [0.15, 0.2) is 0 Å². The number of benzene rings is 1. The Labute approximate surface area is 212 Å². The number of hydrogen-bond acceptors (Lipinski definition) is 8. The highest BCUT2D eigenvalue weighted by atomic mass is 32.1. The van der Waals surface area contributed by atoms with Crippen molar-refractivity contribution < 1.29 is 44.1 Å². The molecule has 0 heterocycles. The van der Waals surface area contributed by atoms with E-state index >= 15 is 0 Å². The fourth-order valence-corrected chi connectivity index (χ4v) is 3.30. The Morgan fingerprint density at radius 3 is 1.72 bits per heavy atom. The van der Waals surface area contributed by atoms with E-state index in [9.17, 15) is 33.9 Å². The van der Waals surface area contributed by atoms with Crippen LogP contribution < -0.4 is 21.7 Å². The zero-order valence-electron chi connectivity index (χ0n) is 19.3. The number of aliphatic carboxylic acids is 3. The van der Waals surface area contributed by atoms with Gasteiger partial charge in [-0.15, -0.1) is 0 Å². The van der Waals surface area contributed by atoms with Gasteiger partial charge < -0.3 is 37.0 Å². The summed E-state index contributed by atoms with van der Waals surface area (Å²) in [4.78, 5) is 71.0. The van der Waals surface area contributed by atoms with Gasteiger partial charge in [-0.05, 0) is 24.8 Å². The third-order valence-electron chi connectivity index (χ3n) is 4.99. The molecule has 0 aromatic heterocycles. The van der Waals surface area contributed by atoms with E-state index in [0.717, 1.165) is 5.56 Å². The average molecular weight is 527 g/mol. The van der Waals surface area contributed by atoms with Crippen molar-refractivity contribution in [1.29, 1.82) is 0 Å². The van der Waals surface area contributed by atoms with Crippen molar-refractivity contribution in [3.8, 4) is 0 Å². The molecule has 1 aromatic rings. The standard InChI is InChI=1S/C22H30N4O9S/c23-13(10-12-4-2-1-3-5-12)19(31)26-16(11-36)21(33)24-14(6-8-17(27)28)20(32)25-15(22(34)35)7-9-18(29)30/h1-5,13-16,36H,6-11,23H2,(H,24,33)(H,25,32)(H,26,31)(H,27,28)(H,29,30)(H,34,35). The van der Waals surface area contributed by atoms with E-state index in [1.54, 1.807) is 30.3 Å². The molecular weight excluding hydrogens is 496 g/mol. The fourth-order valence-electron chi connectivity index (χ4n) is 3.04. The Morgan fingerprint density at radius 1 is 0.750 bits per heavy atom. The minimum Gasteiger partial charge on any atom is -0.481 e. The number of hydrogen-bond donors (Lipinski definition) is 8. The highest BCUT2D eigenvalue weighted by molar-refractivity contribution is 7.80. The van der Waals surface area contributed by atoms with E-state index in [0.29, 0.717) is 0 Å². The van der Waals surface area contributed by atoms with Crippen molar-refractivity contribution >= 4 is 48.3 Å².